The summed E-state index contributed by atoms with van der Waals surface area (Å²) in [5.41, 5.74) is 0. The quantitative estimate of drug-likeness (QED) is 0.0212. The highest BCUT2D eigenvalue weighted by Crippen LogP contribution is 2.38. The van der Waals surface area contributed by atoms with Crippen molar-refractivity contribution in [3.8, 4) is 0 Å². The number of carbonyl (C=O) groups is 2. The Kier molecular flexibility index (Phi) is 60.4. The first-order valence-corrected chi connectivity index (χ1v) is 37.1. The number of phosphoric ester groups is 1. The molecule has 81 heavy (non-hydrogen) atoms. The van der Waals surface area contributed by atoms with E-state index in [2.05, 4.69) is 38.2 Å². The van der Waals surface area contributed by atoms with Crippen LogP contribution in [-0.2, 0) is 27.9 Å². The molecule has 3 unspecified atom stereocenters. The number of nitrogens with one attached hydrogen (secondary N) is 1. The van der Waals surface area contributed by atoms with Gasteiger partial charge in [-0.05, 0) is 57.4 Å². The highest BCUT2D eigenvalue weighted by atomic mass is 31.2. The lowest BCUT2D eigenvalue weighted by atomic mass is 10.0. The fraction of sp³-hybridized carbons (Fsp3) is 0.915. The molecule has 0 aliphatic heterocycles. The predicted molar refractivity (Wildman–Crippen MR) is 349 cm³/mol. The van der Waals surface area contributed by atoms with Gasteiger partial charge in [-0.3, -0.25) is 14.2 Å². The molecule has 1 amide bonds. The van der Waals surface area contributed by atoms with Crippen molar-refractivity contribution in [2.45, 2.75) is 380 Å². The van der Waals surface area contributed by atoms with Crippen LogP contribution >= 0.6 is 7.82 Å². The molecule has 0 bridgehead atoms. The molecule has 1 N–H and O–H groups in total. The topological polar surface area (TPSA) is 114 Å². The van der Waals surface area contributed by atoms with E-state index >= 15 is 0 Å². The second kappa shape index (κ2) is 61.6. The van der Waals surface area contributed by atoms with Crippen molar-refractivity contribution >= 4 is 19.7 Å². The average Bonchev–Trinajstić information content (AvgIpc) is 3.44. The highest BCUT2D eigenvalue weighted by molar-refractivity contribution is 7.45. The van der Waals surface area contributed by atoms with Gasteiger partial charge in [0.25, 0.3) is 7.82 Å². The van der Waals surface area contributed by atoms with Crippen molar-refractivity contribution < 1.29 is 37.3 Å². The van der Waals surface area contributed by atoms with E-state index in [4.69, 9.17) is 13.8 Å². The highest BCUT2D eigenvalue weighted by Gasteiger charge is 2.27. The van der Waals surface area contributed by atoms with Crippen molar-refractivity contribution in [3.63, 3.8) is 0 Å². The second-order valence-corrected chi connectivity index (χ2v) is 27.2. The lowest BCUT2D eigenvalue weighted by Crippen LogP contribution is -2.47. The third-order valence-electron chi connectivity index (χ3n) is 16.4. The Morgan fingerprint density at radius 2 is 0.716 bits per heavy atom. The molecule has 0 saturated heterocycles. The molecule has 0 heterocycles. The Hall–Kier alpha value is -1.51. The molecule has 3 atom stereocenters. The summed E-state index contributed by atoms with van der Waals surface area (Å²) in [5, 5.41) is 3.05. The molecule has 10 heteroatoms. The molecular formula is C71H139N2O7P. The smallest absolute Gasteiger partial charge is 0.306 e. The van der Waals surface area contributed by atoms with E-state index in [-0.39, 0.29) is 31.5 Å². The standard InChI is InChI=1S/C71H139N2O7P/c1-7-10-13-16-19-22-25-28-30-32-34-35-36-37-39-40-42-45-48-51-54-57-60-63-70(74)72-68(67-79-81(76,77)78-66-65-73(4,5)6)69(62-59-56-53-50-47-44-27-24-21-18-15-12-9-3)80-71(75)64-61-58-55-52-49-46-43-41-38-33-31-29-26-23-20-17-14-11-8-2/h29,31,59,62,68-69H,7-28,30,32-58,60-61,63-67H2,1-6H3,(H-,72,74,76,77)/b31-29+,62-59+. The number of hydrogen-bond donors (Lipinski definition) is 1. The van der Waals surface area contributed by atoms with Gasteiger partial charge in [-0.15, -0.1) is 0 Å². The largest absolute Gasteiger partial charge is 0.756 e. The SMILES string of the molecule is CCCCCCCC/C=C/CCCCCCCCCCCC(=O)OC(/C=C/CCCCCCCCCCCCC)C(COP(=O)([O-])OCC[N+](C)(C)C)NC(=O)CCCCCCCCCCCCCCCCCCCCCCCCC. The van der Waals surface area contributed by atoms with Crippen molar-refractivity contribution in [1.82, 2.24) is 5.32 Å². The third kappa shape index (κ3) is 62.8. The minimum Gasteiger partial charge on any atom is -0.756 e. The van der Waals surface area contributed by atoms with E-state index < -0.39 is 20.0 Å². The summed E-state index contributed by atoms with van der Waals surface area (Å²) in [6.45, 7) is 6.91. The molecule has 0 aliphatic carbocycles. The summed E-state index contributed by atoms with van der Waals surface area (Å²) in [4.78, 5) is 40.2. The molecule has 0 fully saturated rings. The number of likely N-dealkylation sites (N-methyl/N-ethyl adjacent to an activating group) is 1. The molecule has 0 spiro atoms. The molecule has 0 radical (unpaired) electrons. The van der Waals surface area contributed by atoms with Gasteiger partial charge in [-0.1, -0.05) is 322 Å². The van der Waals surface area contributed by atoms with E-state index in [0.29, 0.717) is 17.4 Å². The van der Waals surface area contributed by atoms with Crippen LogP contribution in [0.1, 0.15) is 367 Å². The van der Waals surface area contributed by atoms with Gasteiger partial charge in [-0.25, -0.2) is 0 Å². The second-order valence-electron chi connectivity index (χ2n) is 25.7. The first kappa shape index (κ1) is 79.5. The van der Waals surface area contributed by atoms with Gasteiger partial charge in [-0.2, -0.15) is 0 Å². The zero-order chi connectivity index (χ0) is 59.3. The zero-order valence-electron chi connectivity index (χ0n) is 55.0. The number of quaternary nitrogens is 1. The van der Waals surface area contributed by atoms with Gasteiger partial charge in [0.05, 0.1) is 33.8 Å². The number of hydrogen-bond acceptors (Lipinski definition) is 7. The van der Waals surface area contributed by atoms with Crippen molar-refractivity contribution in [1.29, 1.82) is 0 Å². The van der Waals surface area contributed by atoms with Gasteiger partial charge < -0.3 is 28.5 Å². The molecule has 0 aromatic carbocycles. The van der Waals surface area contributed by atoms with Crippen molar-refractivity contribution in [3.05, 3.63) is 24.3 Å². The Morgan fingerprint density at radius 3 is 1.05 bits per heavy atom. The number of phosphoric acid groups is 1. The molecule has 480 valence electrons. The lowest BCUT2D eigenvalue weighted by molar-refractivity contribution is -0.870. The number of esters is 1. The minimum absolute atomic E-state index is 0.0185. The summed E-state index contributed by atoms with van der Waals surface area (Å²) >= 11 is 0. The van der Waals surface area contributed by atoms with Crippen LogP contribution in [-0.4, -0.2) is 69.4 Å². The fourth-order valence-corrected chi connectivity index (χ4v) is 11.6. The molecule has 9 nitrogen and oxygen atoms in total. The molecule has 0 aliphatic rings. The normalized spacial score (nSPS) is 13.6. The molecule has 0 aromatic heterocycles. The molecule has 0 aromatic rings. The number of rotatable bonds is 66. The summed E-state index contributed by atoms with van der Waals surface area (Å²) < 4.78 is 30.5. The number of carbonyl (C=O) groups excluding carboxylic acids is 2. The van der Waals surface area contributed by atoms with E-state index in [1.165, 1.54) is 276 Å². The number of unbranched alkanes of at least 4 members (excludes halogenated alkanes) is 48. The first-order chi connectivity index (χ1) is 39.4. The number of allylic oxidation sites excluding steroid dienone is 3. The van der Waals surface area contributed by atoms with Crippen LogP contribution in [0.5, 0.6) is 0 Å². The van der Waals surface area contributed by atoms with Crippen LogP contribution in [0.15, 0.2) is 24.3 Å². The van der Waals surface area contributed by atoms with Crippen molar-refractivity contribution in [2.75, 3.05) is 40.9 Å². The fourth-order valence-electron chi connectivity index (χ4n) is 10.9. The summed E-state index contributed by atoms with van der Waals surface area (Å²) in [5.74, 6) is -0.520. The van der Waals surface area contributed by atoms with E-state index in [1.807, 2.05) is 33.3 Å². The van der Waals surface area contributed by atoms with Gasteiger partial charge >= 0.3 is 5.97 Å². The Balaban J connectivity index is 5.08. The molecule has 0 rings (SSSR count). The Bertz CT molecular complexity index is 1430. The van der Waals surface area contributed by atoms with Gasteiger partial charge in [0.15, 0.2) is 0 Å². The van der Waals surface area contributed by atoms with E-state index in [9.17, 15) is 19.0 Å². The maximum Gasteiger partial charge on any atom is 0.306 e. The number of amides is 1. The summed E-state index contributed by atoms with van der Waals surface area (Å²) in [6.07, 6.45) is 74.4. The lowest BCUT2D eigenvalue weighted by Gasteiger charge is -2.30. The predicted octanol–water partition coefficient (Wildman–Crippen LogP) is 21.8. The first-order valence-electron chi connectivity index (χ1n) is 35.6. The number of nitrogens with zero attached hydrogens (tertiary/aromatic N) is 1. The van der Waals surface area contributed by atoms with E-state index in [1.54, 1.807) is 0 Å². The van der Waals surface area contributed by atoms with Crippen LogP contribution in [0.2, 0.25) is 0 Å². The zero-order valence-corrected chi connectivity index (χ0v) is 55.9. The van der Waals surface area contributed by atoms with Gasteiger partial charge in [0.2, 0.25) is 5.91 Å². The molecular weight excluding hydrogens is 1020 g/mol. The van der Waals surface area contributed by atoms with Crippen LogP contribution in [0.25, 0.3) is 0 Å². The Morgan fingerprint density at radius 1 is 0.420 bits per heavy atom. The Labute approximate surface area is 504 Å². The minimum atomic E-state index is -4.70. The monoisotopic (exact) mass is 1160 g/mol. The maximum absolute atomic E-state index is 13.6. The van der Waals surface area contributed by atoms with Crippen LogP contribution < -0.4 is 10.2 Å². The van der Waals surface area contributed by atoms with E-state index in [0.717, 1.165) is 57.8 Å². The van der Waals surface area contributed by atoms with Gasteiger partial charge in [0, 0.05) is 12.8 Å². The number of ether oxygens (including phenoxy) is 1. The summed E-state index contributed by atoms with van der Waals surface area (Å²) in [7, 11) is 1.21. The van der Waals surface area contributed by atoms with Gasteiger partial charge in [0.1, 0.15) is 19.3 Å². The average molecular weight is 1160 g/mol. The third-order valence-corrected chi connectivity index (χ3v) is 17.3. The molecule has 0 saturated carbocycles. The van der Waals surface area contributed by atoms with Crippen molar-refractivity contribution in [2.24, 2.45) is 0 Å². The maximum atomic E-state index is 13.6. The van der Waals surface area contributed by atoms with Crippen LogP contribution in [0, 0.1) is 0 Å². The summed E-state index contributed by atoms with van der Waals surface area (Å²) in [6, 6.07) is -0.884. The van der Waals surface area contributed by atoms with Crippen LogP contribution in [0.4, 0.5) is 0 Å². The van der Waals surface area contributed by atoms with Crippen LogP contribution in [0.3, 0.4) is 0 Å².